The highest BCUT2D eigenvalue weighted by Crippen LogP contribution is 2.45. The molecule has 0 radical (unpaired) electrons. The lowest BCUT2D eigenvalue weighted by atomic mass is 9.78. The van der Waals surface area contributed by atoms with E-state index in [1.54, 1.807) is 27.7 Å². The maximum Gasteiger partial charge on any atom is 0.325 e. The second-order valence-electron chi connectivity index (χ2n) is 8.79. The van der Waals surface area contributed by atoms with Crippen LogP contribution in [0, 0.1) is 27.7 Å². The van der Waals surface area contributed by atoms with E-state index in [0.717, 1.165) is 29.0 Å². The third-order valence-electron chi connectivity index (χ3n) is 5.50. The van der Waals surface area contributed by atoms with Crippen LogP contribution in [-0.4, -0.2) is 29.9 Å². The first-order valence-corrected chi connectivity index (χ1v) is 14.2. The van der Waals surface area contributed by atoms with Crippen LogP contribution >= 0.6 is 63.7 Å². The van der Waals surface area contributed by atoms with Gasteiger partial charge in [-0.25, -0.2) is 9.97 Å². The smallest absolute Gasteiger partial charge is 0.325 e. The number of nitrogens with zero attached hydrogens (tertiary/aromatic N) is 6. The molecule has 4 aromatic rings. The van der Waals surface area contributed by atoms with E-state index in [4.69, 9.17) is 9.47 Å². The number of hydrogen-bond acceptors (Lipinski definition) is 8. The molecule has 0 fully saturated rings. The van der Waals surface area contributed by atoms with Gasteiger partial charge in [-0.05, 0) is 127 Å². The van der Waals surface area contributed by atoms with Gasteiger partial charge in [-0.3, -0.25) is 0 Å². The molecule has 0 unspecified atom stereocenters. The van der Waals surface area contributed by atoms with Crippen molar-refractivity contribution in [1.29, 1.82) is 0 Å². The van der Waals surface area contributed by atoms with Crippen molar-refractivity contribution in [2.24, 2.45) is 0 Å². The molecule has 0 aliphatic rings. The van der Waals surface area contributed by atoms with Crippen LogP contribution in [0.3, 0.4) is 0 Å². The van der Waals surface area contributed by atoms with Crippen molar-refractivity contribution in [2.45, 2.75) is 47.0 Å². The molecule has 0 aliphatic heterocycles. The highest BCUT2D eigenvalue weighted by Gasteiger charge is 2.28. The minimum Gasteiger partial charge on any atom is -0.422 e. The van der Waals surface area contributed by atoms with Crippen LogP contribution < -0.4 is 9.47 Å². The first-order valence-electron chi connectivity index (χ1n) is 11.1. The summed E-state index contributed by atoms with van der Waals surface area (Å²) in [6.07, 6.45) is 0. The first-order chi connectivity index (χ1) is 17.3. The zero-order chi connectivity index (χ0) is 27.1. The molecule has 8 nitrogen and oxygen atoms in total. The fourth-order valence-electron chi connectivity index (χ4n) is 3.65. The Balaban J connectivity index is 1.66. The average Bonchev–Trinajstić information content (AvgIpc) is 2.77. The Morgan fingerprint density at radius 3 is 1.05 bits per heavy atom. The Morgan fingerprint density at radius 1 is 0.514 bits per heavy atom. The van der Waals surface area contributed by atoms with Crippen molar-refractivity contribution < 1.29 is 9.47 Å². The number of aromatic nitrogens is 6. The lowest BCUT2D eigenvalue weighted by Crippen LogP contribution is -2.19. The summed E-state index contributed by atoms with van der Waals surface area (Å²) in [7, 11) is 0. The topological polar surface area (TPSA) is 95.8 Å². The SMILES string of the molecule is Cc1nc(C)nc(Oc2c(Br)cc(C(C)(C)c3cc(Br)c(Oc4nc(C)nc(C)n4)c(Br)c3)cc2Br)n1. The third-order valence-corrected chi connectivity index (χ3v) is 7.86. The van der Waals surface area contributed by atoms with Gasteiger partial charge in [0, 0.05) is 5.41 Å². The van der Waals surface area contributed by atoms with Crippen molar-refractivity contribution >= 4 is 63.7 Å². The predicted molar refractivity (Wildman–Crippen MR) is 155 cm³/mol. The van der Waals surface area contributed by atoms with E-state index in [2.05, 4.69) is 107 Å². The van der Waals surface area contributed by atoms with Crippen LogP contribution in [0.4, 0.5) is 0 Å². The third kappa shape index (κ3) is 6.35. The molecule has 0 bridgehead atoms. The lowest BCUT2D eigenvalue weighted by molar-refractivity contribution is 0.429. The fourth-order valence-corrected chi connectivity index (χ4v) is 6.35. The molecule has 0 spiro atoms. The molecule has 2 heterocycles. The van der Waals surface area contributed by atoms with Crippen LogP contribution in [0.5, 0.6) is 23.5 Å². The van der Waals surface area contributed by atoms with Crippen LogP contribution in [0.1, 0.15) is 48.3 Å². The fraction of sp³-hybridized carbons (Fsp3) is 0.280. The molecule has 2 aromatic heterocycles. The summed E-state index contributed by atoms with van der Waals surface area (Å²) >= 11 is 14.7. The summed E-state index contributed by atoms with van der Waals surface area (Å²) < 4.78 is 15.0. The molecular weight excluding hydrogens is 736 g/mol. The molecule has 0 atom stereocenters. The van der Waals surface area contributed by atoms with Crippen LogP contribution in [-0.2, 0) is 5.41 Å². The Morgan fingerprint density at radius 2 is 0.784 bits per heavy atom. The van der Waals surface area contributed by atoms with E-state index in [1.165, 1.54) is 0 Å². The number of benzene rings is 2. The molecule has 0 saturated heterocycles. The molecule has 192 valence electrons. The van der Waals surface area contributed by atoms with Crippen molar-refractivity contribution in [1.82, 2.24) is 29.9 Å². The van der Waals surface area contributed by atoms with E-state index in [1.807, 2.05) is 24.3 Å². The minimum absolute atomic E-state index is 0.241. The highest BCUT2D eigenvalue weighted by atomic mass is 79.9. The number of halogens is 4. The Labute approximate surface area is 248 Å². The van der Waals surface area contributed by atoms with Crippen LogP contribution in [0.25, 0.3) is 0 Å². The van der Waals surface area contributed by atoms with Gasteiger partial charge in [-0.15, -0.1) is 0 Å². The van der Waals surface area contributed by atoms with E-state index in [-0.39, 0.29) is 17.4 Å². The molecule has 0 saturated carbocycles. The first kappa shape index (κ1) is 28.0. The molecular formula is C25H22Br4N6O2. The minimum atomic E-state index is -0.381. The summed E-state index contributed by atoms with van der Waals surface area (Å²) in [4.78, 5) is 25.5. The van der Waals surface area contributed by atoms with Crippen molar-refractivity contribution in [2.75, 3.05) is 0 Å². The zero-order valence-corrected chi connectivity index (χ0v) is 27.2. The molecule has 4 rings (SSSR count). The lowest BCUT2D eigenvalue weighted by Gasteiger charge is -2.28. The Bertz CT molecular complexity index is 1320. The maximum absolute atomic E-state index is 6.00. The van der Waals surface area contributed by atoms with Crippen molar-refractivity contribution in [3.8, 4) is 23.5 Å². The Hall–Kier alpha value is -2.02. The highest BCUT2D eigenvalue weighted by molar-refractivity contribution is 9.11. The summed E-state index contributed by atoms with van der Waals surface area (Å²) in [6, 6.07) is 8.61. The number of rotatable bonds is 6. The van der Waals surface area contributed by atoms with E-state index < -0.39 is 0 Å². The molecule has 0 aliphatic carbocycles. The van der Waals surface area contributed by atoms with Gasteiger partial charge in [-0.1, -0.05) is 13.8 Å². The largest absolute Gasteiger partial charge is 0.422 e. The van der Waals surface area contributed by atoms with Crippen LogP contribution in [0.2, 0.25) is 0 Å². The van der Waals surface area contributed by atoms with Gasteiger partial charge in [0.05, 0.1) is 17.9 Å². The van der Waals surface area contributed by atoms with Gasteiger partial charge in [-0.2, -0.15) is 19.9 Å². The Kier molecular flexibility index (Phi) is 8.32. The summed E-state index contributed by atoms with van der Waals surface area (Å²) in [6.45, 7) is 11.5. The van der Waals surface area contributed by atoms with Gasteiger partial charge in [0.15, 0.2) is 11.5 Å². The molecule has 37 heavy (non-hydrogen) atoms. The maximum atomic E-state index is 6.00. The molecule has 0 amide bonds. The van der Waals surface area contributed by atoms with E-state index in [9.17, 15) is 0 Å². The van der Waals surface area contributed by atoms with E-state index in [0.29, 0.717) is 34.8 Å². The number of aryl methyl sites for hydroxylation is 4. The predicted octanol–water partition coefficient (Wildman–Crippen LogP) is 8.25. The van der Waals surface area contributed by atoms with Gasteiger partial charge in [0.2, 0.25) is 0 Å². The summed E-state index contributed by atoms with van der Waals surface area (Å²) in [5.41, 5.74) is 1.73. The second kappa shape index (κ2) is 11.0. The molecule has 2 aromatic carbocycles. The van der Waals surface area contributed by atoms with E-state index >= 15 is 0 Å². The molecule has 0 N–H and O–H groups in total. The average molecular weight is 758 g/mol. The van der Waals surface area contributed by atoms with Gasteiger partial charge < -0.3 is 9.47 Å². The van der Waals surface area contributed by atoms with Crippen LogP contribution in [0.15, 0.2) is 42.2 Å². The van der Waals surface area contributed by atoms with Crippen molar-refractivity contribution in [3.05, 3.63) is 76.6 Å². The molecule has 12 heteroatoms. The summed E-state index contributed by atoms with van der Waals surface area (Å²) in [5.74, 6) is 3.54. The normalized spacial score (nSPS) is 11.5. The standard InChI is InChI=1S/C25H22Br4N6O2/c1-11-30-12(2)33-23(32-11)36-21-17(26)7-15(8-18(21)27)25(5,6)16-9-19(28)22(20(29)10-16)37-24-34-13(3)31-14(4)35-24/h7-10H,1-6H3. The van der Waals surface area contributed by atoms with Gasteiger partial charge >= 0.3 is 12.0 Å². The van der Waals surface area contributed by atoms with Gasteiger partial charge in [0.25, 0.3) is 0 Å². The monoisotopic (exact) mass is 754 g/mol. The quantitative estimate of drug-likeness (QED) is 0.194. The summed E-state index contributed by atoms with van der Waals surface area (Å²) in [5, 5.41) is 0. The number of ether oxygens (including phenoxy) is 2. The second-order valence-corrected chi connectivity index (χ2v) is 12.2. The number of hydrogen-bond donors (Lipinski definition) is 0. The zero-order valence-electron chi connectivity index (χ0n) is 20.8. The van der Waals surface area contributed by atoms with Gasteiger partial charge in [0.1, 0.15) is 23.3 Å². The van der Waals surface area contributed by atoms with Crippen molar-refractivity contribution in [3.63, 3.8) is 0 Å².